The van der Waals surface area contributed by atoms with E-state index in [1.807, 2.05) is 6.92 Å². The summed E-state index contributed by atoms with van der Waals surface area (Å²) in [7, 11) is 0. The van der Waals surface area contributed by atoms with Crippen LogP contribution >= 0.6 is 0 Å². The van der Waals surface area contributed by atoms with E-state index in [1.165, 1.54) is 37.4 Å². The van der Waals surface area contributed by atoms with Crippen molar-refractivity contribution in [3.8, 4) is 11.1 Å². The summed E-state index contributed by atoms with van der Waals surface area (Å²) in [5.74, 6) is 0.432. The Hall–Kier alpha value is -2.45. The second-order valence-electron chi connectivity index (χ2n) is 7.53. The van der Waals surface area contributed by atoms with Crippen molar-refractivity contribution < 1.29 is 27.7 Å². The van der Waals surface area contributed by atoms with Crippen LogP contribution in [-0.2, 0) is 16.0 Å². The number of pyridine rings is 1. The molecule has 1 saturated carbocycles. The van der Waals surface area contributed by atoms with Crippen LogP contribution in [-0.4, -0.2) is 30.6 Å². The highest BCUT2D eigenvalue weighted by Crippen LogP contribution is 2.31. The molecule has 1 N–H and O–H groups in total. The van der Waals surface area contributed by atoms with E-state index in [0.717, 1.165) is 18.6 Å². The van der Waals surface area contributed by atoms with Crippen molar-refractivity contribution in [2.75, 3.05) is 19.8 Å². The minimum atomic E-state index is -4.39. The molecular weight excluding hydrogens is 397 g/mol. The number of carbonyl (C=O) groups excluding carboxylic acids is 1. The van der Waals surface area contributed by atoms with E-state index in [4.69, 9.17) is 9.78 Å². The fourth-order valence-electron chi connectivity index (χ4n) is 2.81. The Balaban J connectivity index is 1.54. The highest BCUT2D eigenvalue weighted by Gasteiger charge is 2.30. The van der Waals surface area contributed by atoms with E-state index in [9.17, 15) is 18.0 Å². The Morgan fingerprint density at radius 1 is 1.17 bits per heavy atom. The monoisotopic (exact) mass is 422 g/mol. The highest BCUT2D eigenvalue weighted by atomic mass is 19.4. The largest absolute Gasteiger partial charge is 0.416 e. The summed E-state index contributed by atoms with van der Waals surface area (Å²) in [6, 6.07) is 6.38. The van der Waals surface area contributed by atoms with Gasteiger partial charge in [0.2, 0.25) is 0 Å². The normalized spacial score (nSPS) is 15.1. The first-order chi connectivity index (χ1) is 14.4. The van der Waals surface area contributed by atoms with Gasteiger partial charge < -0.3 is 5.32 Å². The Morgan fingerprint density at radius 3 is 2.53 bits per heavy atom. The number of hydrogen-bond acceptors (Lipinski definition) is 4. The molecule has 0 radical (unpaired) electrons. The number of aromatic nitrogens is 1. The van der Waals surface area contributed by atoms with Gasteiger partial charge in [-0.2, -0.15) is 13.2 Å². The predicted octanol–water partition coefficient (Wildman–Crippen LogP) is 4.88. The molecule has 0 saturated heterocycles. The Bertz CT molecular complexity index is 836. The molecule has 1 atom stereocenters. The van der Waals surface area contributed by atoms with Crippen molar-refractivity contribution in [3.63, 3.8) is 0 Å². The molecule has 3 rings (SSSR count). The van der Waals surface area contributed by atoms with Crippen LogP contribution in [0.2, 0.25) is 0 Å². The fraction of sp³-hybridized carbons (Fsp3) is 0.455. The standard InChI is InChI=1S/C22H25F3N2O3/c1-2-15(13-29-30-14-16-3-4-16)10-27-21(28)19-9-18(11-26-12-19)17-5-7-20(8-6-17)22(23,24)25/h5-9,11-12,15-16H,2-4,10,13-14H2,1H3,(H,27,28). The van der Waals surface area contributed by atoms with Gasteiger partial charge in [0.15, 0.2) is 0 Å². The van der Waals surface area contributed by atoms with E-state index in [-0.39, 0.29) is 11.8 Å². The maximum absolute atomic E-state index is 12.7. The van der Waals surface area contributed by atoms with E-state index in [2.05, 4.69) is 10.3 Å². The van der Waals surface area contributed by atoms with Crippen molar-refractivity contribution in [2.24, 2.45) is 11.8 Å². The van der Waals surface area contributed by atoms with Crippen LogP contribution in [0, 0.1) is 11.8 Å². The molecule has 0 bridgehead atoms. The third kappa shape index (κ3) is 6.53. The zero-order valence-electron chi connectivity index (χ0n) is 16.7. The second kappa shape index (κ2) is 10.0. The van der Waals surface area contributed by atoms with Crippen LogP contribution in [0.4, 0.5) is 13.2 Å². The number of nitrogens with zero attached hydrogens (tertiary/aromatic N) is 1. The van der Waals surface area contributed by atoms with Crippen molar-refractivity contribution in [1.82, 2.24) is 10.3 Å². The van der Waals surface area contributed by atoms with E-state index < -0.39 is 11.7 Å². The molecule has 1 aliphatic carbocycles. The summed E-state index contributed by atoms with van der Waals surface area (Å²) >= 11 is 0. The topological polar surface area (TPSA) is 60.5 Å². The Kier molecular flexibility index (Phi) is 7.44. The van der Waals surface area contributed by atoms with E-state index in [0.29, 0.717) is 42.4 Å². The first kappa shape index (κ1) is 22.2. The number of alkyl halides is 3. The van der Waals surface area contributed by atoms with E-state index in [1.54, 1.807) is 6.07 Å². The first-order valence-electron chi connectivity index (χ1n) is 10.0. The Morgan fingerprint density at radius 2 is 1.90 bits per heavy atom. The Labute approximate surface area is 173 Å². The number of carbonyl (C=O) groups is 1. The zero-order valence-corrected chi connectivity index (χ0v) is 16.7. The first-order valence-corrected chi connectivity index (χ1v) is 10.0. The molecule has 0 aliphatic heterocycles. The molecule has 8 heteroatoms. The molecule has 1 aromatic heterocycles. The lowest BCUT2D eigenvalue weighted by molar-refractivity contribution is -0.303. The summed E-state index contributed by atoms with van der Waals surface area (Å²) < 4.78 is 38.2. The van der Waals surface area contributed by atoms with E-state index >= 15 is 0 Å². The lowest BCUT2D eigenvalue weighted by Gasteiger charge is -2.15. The second-order valence-corrected chi connectivity index (χ2v) is 7.53. The number of rotatable bonds is 10. The van der Waals surface area contributed by atoms with Gasteiger partial charge in [0.25, 0.3) is 5.91 Å². The average Bonchev–Trinajstić information content (AvgIpc) is 3.57. The van der Waals surface area contributed by atoms with Gasteiger partial charge in [-0.3, -0.25) is 9.78 Å². The van der Waals surface area contributed by atoms with Gasteiger partial charge in [0.1, 0.15) is 0 Å². The predicted molar refractivity (Wildman–Crippen MR) is 105 cm³/mol. The van der Waals surface area contributed by atoms with Gasteiger partial charge in [-0.1, -0.05) is 19.1 Å². The lowest BCUT2D eigenvalue weighted by Crippen LogP contribution is -2.31. The lowest BCUT2D eigenvalue weighted by atomic mass is 10.0. The van der Waals surface area contributed by atoms with Gasteiger partial charge in [-0.05, 0) is 48.9 Å². The molecule has 2 aromatic rings. The molecule has 1 heterocycles. The van der Waals surface area contributed by atoms with Crippen molar-refractivity contribution in [2.45, 2.75) is 32.4 Å². The van der Waals surface area contributed by atoms with Crippen LogP contribution < -0.4 is 5.32 Å². The minimum absolute atomic E-state index is 0.110. The summed E-state index contributed by atoms with van der Waals surface area (Å²) in [5.41, 5.74) is 0.744. The van der Waals surface area contributed by atoms with Gasteiger partial charge in [0.05, 0.1) is 24.3 Å². The van der Waals surface area contributed by atoms with Crippen molar-refractivity contribution in [1.29, 1.82) is 0 Å². The molecule has 162 valence electrons. The molecule has 1 unspecified atom stereocenters. The van der Waals surface area contributed by atoms with Crippen molar-refractivity contribution >= 4 is 5.91 Å². The number of nitrogens with one attached hydrogen (secondary N) is 1. The molecule has 1 aliphatic rings. The number of benzene rings is 1. The number of hydrogen-bond donors (Lipinski definition) is 1. The highest BCUT2D eigenvalue weighted by molar-refractivity contribution is 5.95. The summed E-state index contributed by atoms with van der Waals surface area (Å²) in [4.78, 5) is 27.0. The minimum Gasteiger partial charge on any atom is -0.352 e. The quantitative estimate of drug-likeness (QED) is 0.337. The number of amides is 1. The summed E-state index contributed by atoms with van der Waals surface area (Å²) in [6.07, 6.45) is 1.75. The SMILES string of the molecule is CCC(CNC(=O)c1cncc(-c2ccc(C(F)(F)F)cc2)c1)COOCC1CC1. The van der Waals surface area contributed by atoms with Crippen LogP contribution in [0.25, 0.3) is 11.1 Å². The van der Waals surface area contributed by atoms with Crippen molar-refractivity contribution in [3.05, 3.63) is 53.9 Å². The molecule has 1 amide bonds. The van der Waals surface area contributed by atoms with Crippen LogP contribution in [0.15, 0.2) is 42.7 Å². The third-order valence-electron chi connectivity index (χ3n) is 5.06. The van der Waals surface area contributed by atoms with Crippen LogP contribution in [0.3, 0.4) is 0 Å². The van der Waals surface area contributed by atoms with Crippen LogP contribution in [0.1, 0.15) is 42.1 Å². The maximum atomic E-state index is 12.7. The van der Waals surface area contributed by atoms with Gasteiger partial charge in [-0.15, -0.1) is 0 Å². The van der Waals surface area contributed by atoms with Crippen LogP contribution in [0.5, 0.6) is 0 Å². The van der Waals surface area contributed by atoms with Gasteiger partial charge in [-0.25, -0.2) is 9.78 Å². The smallest absolute Gasteiger partial charge is 0.352 e. The average molecular weight is 422 g/mol. The molecule has 30 heavy (non-hydrogen) atoms. The summed E-state index contributed by atoms with van der Waals surface area (Å²) in [6.45, 7) is 3.44. The summed E-state index contributed by atoms with van der Waals surface area (Å²) in [5, 5.41) is 2.86. The molecular formula is C22H25F3N2O3. The maximum Gasteiger partial charge on any atom is 0.416 e. The third-order valence-corrected chi connectivity index (χ3v) is 5.06. The zero-order chi connectivity index (χ0) is 21.6. The molecule has 0 spiro atoms. The fourth-order valence-corrected chi connectivity index (χ4v) is 2.81. The molecule has 5 nitrogen and oxygen atoms in total. The molecule has 1 aromatic carbocycles. The van der Waals surface area contributed by atoms with Gasteiger partial charge in [0, 0.05) is 30.4 Å². The van der Waals surface area contributed by atoms with Gasteiger partial charge >= 0.3 is 6.18 Å². The molecule has 1 fully saturated rings. The number of halogens is 3.